The number of carbonyl (C=O) groups excluding carboxylic acids is 3. The van der Waals surface area contributed by atoms with Gasteiger partial charge in [-0.1, -0.05) is 37.6 Å². The first kappa shape index (κ1) is 20.0. The molecule has 1 saturated heterocycles. The van der Waals surface area contributed by atoms with Gasteiger partial charge in [0, 0.05) is 29.8 Å². The maximum absolute atomic E-state index is 13.1. The molecule has 6 nitrogen and oxygen atoms in total. The molecule has 0 bridgehead atoms. The number of benzene rings is 1. The molecule has 1 aliphatic carbocycles. The Morgan fingerprint density at radius 3 is 2.39 bits per heavy atom. The van der Waals surface area contributed by atoms with Crippen LogP contribution in [0, 0.1) is 0 Å². The Morgan fingerprint density at radius 2 is 1.79 bits per heavy atom. The molecule has 1 fully saturated rings. The Morgan fingerprint density at radius 1 is 1.14 bits per heavy atom. The average molecular weight is 383 g/mol. The number of ketones is 2. The summed E-state index contributed by atoms with van der Waals surface area (Å²) in [5, 5.41) is 0. The maximum atomic E-state index is 13.1. The highest BCUT2D eigenvalue weighted by Gasteiger charge is 2.33. The van der Waals surface area contributed by atoms with E-state index in [-0.39, 0.29) is 28.8 Å². The molecule has 0 radical (unpaired) electrons. The number of hydrogen-bond acceptors (Lipinski definition) is 5. The molecule has 0 spiro atoms. The number of amides is 1. The predicted octanol–water partition coefficient (Wildman–Crippen LogP) is 2.94. The van der Waals surface area contributed by atoms with E-state index in [1.165, 1.54) is 7.11 Å². The minimum Gasteiger partial charge on any atom is -0.492 e. The molecule has 1 amide bonds. The predicted molar refractivity (Wildman–Crippen MR) is 104 cm³/mol. The normalized spacial score (nSPS) is 17.6. The second kappa shape index (κ2) is 8.97. The number of morpholine rings is 1. The van der Waals surface area contributed by atoms with Crippen LogP contribution in [-0.2, 0) is 14.3 Å². The van der Waals surface area contributed by atoms with Gasteiger partial charge in [0.25, 0.3) is 0 Å². The third-order valence-electron chi connectivity index (χ3n) is 5.01. The second-order valence-corrected chi connectivity index (χ2v) is 6.83. The zero-order valence-electron chi connectivity index (χ0n) is 16.3. The van der Waals surface area contributed by atoms with Crippen molar-refractivity contribution in [1.29, 1.82) is 0 Å². The average Bonchev–Trinajstić information content (AvgIpc) is 2.74. The van der Waals surface area contributed by atoms with E-state index in [1.54, 1.807) is 35.2 Å². The van der Waals surface area contributed by atoms with Gasteiger partial charge in [0.2, 0.25) is 11.7 Å². The largest absolute Gasteiger partial charge is 0.492 e. The van der Waals surface area contributed by atoms with Crippen molar-refractivity contribution in [3.63, 3.8) is 0 Å². The van der Waals surface area contributed by atoms with Crippen LogP contribution in [0.5, 0.6) is 0 Å². The maximum Gasteiger partial charge on any atom is 0.249 e. The van der Waals surface area contributed by atoms with E-state index < -0.39 is 0 Å². The third-order valence-corrected chi connectivity index (χ3v) is 5.01. The van der Waals surface area contributed by atoms with Gasteiger partial charge in [-0.25, -0.2) is 0 Å². The van der Waals surface area contributed by atoms with Gasteiger partial charge in [0.1, 0.15) is 0 Å². The second-order valence-electron chi connectivity index (χ2n) is 6.83. The Balaban J connectivity index is 2.02. The molecule has 0 saturated carbocycles. The van der Waals surface area contributed by atoms with Crippen molar-refractivity contribution in [3.8, 4) is 0 Å². The Kier molecular flexibility index (Phi) is 6.41. The van der Waals surface area contributed by atoms with E-state index in [4.69, 9.17) is 9.47 Å². The Labute approximate surface area is 164 Å². The lowest BCUT2D eigenvalue weighted by Gasteiger charge is -2.28. The Bertz CT molecular complexity index is 846. The van der Waals surface area contributed by atoms with E-state index in [0.29, 0.717) is 49.4 Å². The first-order chi connectivity index (χ1) is 13.6. The summed E-state index contributed by atoms with van der Waals surface area (Å²) in [4.78, 5) is 40.6. The summed E-state index contributed by atoms with van der Waals surface area (Å²) >= 11 is 0. The molecular formula is C22H25NO5. The highest BCUT2D eigenvalue weighted by Crippen LogP contribution is 2.29. The summed E-state index contributed by atoms with van der Waals surface area (Å²) in [6, 6.07) is 6.68. The van der Waals surface area contributed by atoms with E-state index in [2.05, 4.69) is 0 Å². The fourth-order valence-electron chi connectivity index (χ4n) is 3.46. The van der Waals surface area contributed by atoms with Crippen LogP contribution in [0.1, 0.15) is 46.9 Å². The zero-order valence-corrected chi connectivity index (χ0v) is 16.3. The zero-order chi connectivity index (χ0) is 20.1. The molecule has 0 unspecified atom stereocenters. The smallest absolute Gasteiger partial charge is 0.249 e. The van der Waals surface area contributed by atoms with Gasteiger partial charge in [0.15, 0.2) is 11.5 Å². The number of carbonyl (C=O) groups is 3. The first-order valence-electron chi connectivity index (χ1n) is 9.62. The van der Waals surface area contributed by atoms with Crippen LogP contribution in [0.2, 0.25) is 0 Å². The fourth-order valence-corrected chi connectivity index (χ4v) is 3.46. The summed E-state index contributed by atoms with van der Waals surface area (Å²) in [5.74, 6) is -0.750. The van der Waals surface area contributed by atoms with Gasteiger partial charge < -0.3 is 14.4 Å². The lowest BCUT2D eigenvalue weighted by Crippen LogP contribution is -2.41. The first-order valence-corrected chi connectivity index (χ1v) is 9.62. The van der Waals surface area contributed by atoms with Crippen LogP contribution in [0.4, 0.5) is 0 Å². The van der Waals surface area contributed by atoms with Crippen molar-refractivity contribution in [2.75, 3.05) is 33.4 Å². The number of allylic oxidation sites excluding steroid dienone is 3. The van der Waals surface area contributed by atoms with E-state index >= 15 is 0 Å². The van der Waals surface area contributed by atoms with Crippen LogP contribution in [-0.4, -0.2) is 55.8 Å². The molecule has 28 heavy (non-hydrogen) atoms. The summed E-state index contributed by atoms with van der Waals surface area (Å²) < 4.78 is 10.6. The van der Waals surface area contributed by atoms with Crippen molar-refractivity contribution < 1.29 is 23.9 Å². The number of unbranched alkanes of at least 4 members (excludes halogenated alkanes) is 1. The molecule has 3 rings (SSSR count). The molecule has 148 valence electrons. The summed E-state index contributed by atoms with van der Waals surface area (Å²) in [7, 11) is 1.37. The van der Waals surface area contributed by atoms with E-state index in [1.807, 2.05) is 6.92 Å². The SMILES string of the molecule is CCCC/C(=C\C1=C(OC)C(=O)c2ccccc2C1=O)C(=O)N1CCOCC1. The highest BCUT2D eigenvalue weighted by molar-refractivity contribution is 6.27. The van der Waals surface area contributed by atoms with Gasteiger partial charge in [-0.2, -0.15) is 0 Å². The molecule has 1 aromatic carbocycles. The van der Waals surface area contributed by atoms with Crippen molar-refractivity contribution in [1.82, 2.24) is 4.90 Å². The fraction of sp³-hybridized carbons (Fsp3) is 0.409. The molecule has 0 N–H and O–H groups in total. The van der Waals surface area contributed by atoms with Gasteiger partial charge in [-0.15, -0.1) is 0 Å². The molecule has 0 atom stereocenters. The molecular weight excluding hydrogens is 358 g/mol. The number of fused-ring (bicyclic) bond motifs is 1. The van der Waals surface area contributed by atoms with Crippen molar-refractivity contribution in [3.05, 3.63) is 58.4 Å². The van der Waals surface area contributed by atoms with Crippen LogP contribution in [0.15, 0.2) is 47.2 Å². The summed E-state index contributed by atoms with van der Waals surface area (Å²) in [6.45, 7) is 4.10. The van der Waals surface area contributed by atoms with Crippen molar-refractivity contribution >= 4 is 17.5 Å². The molecule has 1 aromatic rings. The number of rotatable bonds is 6. The number of nitrogens with zero attached hydrogens (tertiary/aromatic N) is 1. The van der Waals surface area contributed by atoms with Gasteiger partial charge >= 0.3 is 0 Å². The van der Waals surface area contributed by atoms with Crippen molar-refractivity contribution in [2.24, 2.45) is 0 Å². The monoisotopic (exact) mass is 383 g/mol. The third kappa shape index (κ3) is 3.92. The lowest BCUT2D eigenvalue weighted by atomic mass is 9.86. The van der Waals surface area contributed by atoms with Crippen LogP contribution < -0.4 is 0 Å². The quantitative estimate of drug-likeness (QED) is 0.706. The van der Waals surface area contributed by atoms with E-state index in [0.717, 1.165) is 12.8 Å². The lowest BCUT2D eigenvalue weighted by molar-refractivity contribution is -0.131. The van der Waals surface area contributed by atoms with Gasteiger partial charge in [-0.3, -0.25) is 14.4 Å². The molecule has 1 aliphatic heterocycles. The number of methoxy groups -OCH3 is 1. The van der Waals surface area contributed by atoms with Gasteiger partial charge in [0.05, 0.1) is 25.9 Å². The highest BCUT2D eigenvalue weighted by atomic mass is 16.5. The molecule has 2 aliphatic rings. The Hall–Kier alpha value is -2.73. The summed E-state index contributed by atoms with van der Waals surface area (Å²) in [5.41, 5.74) is 1.34. The standard InChI is InChI=1S/C22H25NO5/c1-3-4-7-15(22(26)23-10-12-28-13-11-23)14-18-19(24)16-8-5-6-9-17(16)20(25)21(18)27-2/h5-6,8-9,14H,3-4,7,10-13H2,1-2H3/b15-14+. The minimum absolute atomic E-state index is 0.00697. The molecule has 6 heteroatoms. The number of Topliss-reactive ketones (excluding diaryl/α,β-unsaturated/α-hetero) is 2. The topological polar surface area (TPSA) is 72.9 Å². The minimum atomic E-state index is -0.336. The summed E-state index contributed by atoms with van der Waals surface area (Å²) in [6.07, 6.45) is 3.83. The van der Waals surface area contributed by atoms with Gasteiger partial charge in [-0.05, 0) is 18.9 Å². The van der Waals surface area contributed by atoms with Crippen LogP contribution in [0.25, 0.3) is 0 Å². The van der Waals surface area contributed by atoms with Crippen LogP contribution in [0.3, 0.4) is 0 Å². The van der Waals surface area contributed by atoms with E-state index in [9.17, 15) is 14.4 Å². The number of hydrogen-bond donors (Lipinski definition) is 0. The van der Waals surface area contributed by atoms with Crippen molar-refractivity contribution in [2.45, 2.75) is 26.2 Å². The molecule has 1 heterocycles. The number of ether oxygens (including phenoxy) is 2. The van der Waals surface area contributed by atoms with Crippen LogP contribution >= 0.6 is 0 Å². The molecule has 0 aromatic heterocycles.